The van der Waals surface area contributed by atoms with Crippen molar-refractivity contribution in [3.05, 3.63) is 154 Å². The highest BCUT2D eigenvalue weighted by Crippen LogP contribution is 2.58. The van der Waals surface area contributed by atoms with Gasteiger partial charge in [0.15, 0.2) is 0 Å². The van der Waals surface area contributed by atoms with Crippen LogP contribution in [0.25, 0.3) is 12.2 Å². The van der Waals surface area contributed by atoms with E-state index < -0.39 is 24.0 Å². The number of benzene rings is 6. The van der Waals surface area contributed by atoms with Crippen molar-refractivity contribution in [2.24, 2.45) is 0 Å². The number of phenolic OH excluding ortho intramolecular Hbond substituents is 8. The van der Waals surface area contributed by atoms with Crippen LogP contribution in [0.4, 0.5) is 0 Å². The highest BCUT2D eigenvalue weighted by molar-refractivity contribution is 5.75. The SMILES string of the molecule is Oc1ccc([C@H]2Oc3cc([C@H]4c5c(O)cc(/C=C/c6ccc(O)cc6O)cc5O[C@@H]4c4ccc(O)cc4)cc(O)c3[C@H]2c2cc(O)cc(O)c2)cc1. The minimum Gasteiger partial charge on any atom is -0.508 e. The van der Waals surface area contributed by atoms with Gasteiger partial charge >= 0.3 is 0 Å². The molecule has 6 aromatic rings. The van der Waals surface area contributed by atoms with Gasteiger partial charge in [-0.1, -0.05) is 36.4 Å². The van der Waals surface area contributed by atoms with E-state index in [4.69, 9.17) is 9.47 Å². The third-order valence-electron chi connectivity index (χ3n) is 9.58. The molecule has 260 valence electrons. The van der Waals surface area contributed by atoms with Gasteiger partial charge in [0.05, 0.1) is 11.8 Å². The molecule has 0 fully saturated rings. The molecular formula is C42H32O10. The summed E-state index contributed by atoms with van der Waals surface area (Å²) in [7, 11) is 0. The first-order chi connectivity index (χ1) is 25.0. The first-order valence-electron chi connectivity index (χ1n) is 16.4. The Balaban J connectivity index is 1.25. The topological polar surface area (TPSA) is 180 Å². The molecule has 0 unspecified atom stereocenters. The molecule has 0 amide bonds. The Labute approximate surface area is 297 Å². The largest absolute Gasteiger partial charge is 0.508 e. The molecule has 0 aromatic heterocycles. The van der Waals surface area contributed by atoms with Gasteiger partial charge in [-0.3, -0.25) is 0 Å². The van der Waals surface area contributed by atoms with Crippen LogP contribution >= 0.6 is 0 Å². The van der Waals surface area contributed by atoms with E-state index in [1.54, 1.807) is 66.7 Å². The standard InChI is InChI=1S/C42H32O10/c43-27-8-4-23(5-9-27)41-37(25-15-30(46)19-31(47)16-25)40-34(50)17-26(18-36(40)52-41)38-39-33(49)13-21(1-2-22-3-12-29(45)20-32(22)48)14-35(39)51-42(38)24-6-10-28(44)11-7-24/h1-20,37-38,41-50H/b2-1+/t37-,38+,41-,42-/m1/s1. The van der Waals surface area contributed by atoms with Crippen LogP contribution in [0.5, 0.6) is 57.5 Å². The number of hydrogen-bond acceptors (Lipinski definition) is 10. The molecule has 0 saturated heterocycles. The smallest absolute Gasteiger partial charge is 0.135 e. The minimum atomic E-state index is -0.714. The zero-order valence-corrected chi connectivity index (χ0v) is 27.3. The zero-order chi connectivity index (χ0) is 36.3. The Hall–Kier alpha value is -6.94. The van der Waals surface area contributed by atoms with Gasteiger partial charge in [0.2, 0.25) is 0 Å². The molecule has 52 heavy (non-hydrogen) atoms. The fourth-order valence-corrected chi connectivity index (χ4v) is 7.26. The lowest BCUT2D eigenvalue weighted by atomic mass is 9.81. The van der Waals surface area contributed by atoms with Gasteiger partial charge in [-0.15, -0.1) is 0 Å². The highest BCUT2D eigenvalue weighted by atomic mass is 16.5. The van der Waals surface area contributed by atoms with Gasteiger partial charge < -0.3 is 50.3 Å². The summed E-state index contributed by atoms with van der Waals surface area (Å²) in [5.74, 6) is -1.17. The summed E-state index contributed by atoms with van der Waals surface area (Å²) in [6.45, 7) is 0. The molecule has 0 saturated carbocycles. The molecule has 6 aromatic carbocycles. The summed E-state index contributed by atoms with van der Waals surface area (Å²) in [6, 6.07) is 28.1. The number of phenols is 8. The molecule has 8 N–H and O–H groups in total. The molecule has 0 aliphatic carbocycles. The highest BCUT2D eigenvalue weighted by Gasteiger charge is 2.43. The Bertz CT molecular complexity index is 2350. The van der Waals surface area contributed by atoms with E-state index in [-0.39, 0.29) is 46.0 Å². The predicted octanol–water partition coefficient (Wildman–Crippen LogP) is 8.03. The van der Waals surface area contributed by atoms with Crippen LogP contribution in [0, 0.1) is 0 Å². The molecule has 10 nitrogen and oxygen atoms in total. The molecule has 0 spiro atoms. The second-order valence-corrected chi connectivity index (χ2v) is 13.0. The normalized spacial score (nSPS) is 18.8. The van der Waals surface area contributed by atoms with Crippen LogP contribution in [0.15, 0.2) is 109 Å². The van der Waals surface area contributed by atoms with Gasteiger partial charge in [0.25, 0.3) is 0 Å². The average Bonchev–Trinajstić information content (AvgIpc) is 3.68. The second kappa shape index (κ2) is 12.4. The summed E-state index contributed by atoms with van der Waals surface area (Å²) >= 11 is 0. The molecule has 0 bridgehead atoms. The lowest BCUT2D eigenvalue weighted by Crippen LogP contribution is -2.11. The van der Waals surface area contributed by atoms with Crippen LogP contribution < -0.4 is 9.47 Å². The van der Waals surface area contributed by atoms with Gasteiger partial charge in [-0.2, -0.15) is 0 Å². The molecule has 2 aliphatic heterocycles. The van der Waals surface area contributed by atoms with E-state index in [2.05, 4.69) is 0 Å². The lowest BCUT2D eigenvalue weighted by Gasteiger charge is -2.22. The van der Waals surface area contributed by atoms with Gasteiger partial charge in [0.1, 0.15) is 69.7 Å². The van der Waals surface area contributed by atoms with Crippen molar-refractivity contribution in [2.75, 3.05) is 0 Å². The maximum absolute atomic E-state index is 11.8. The van der Waals surface area contributed by atoms with E-state index in [9.17, 15) is 40.9 Å². The maximum Gasteiger partial charge on any atom is 0.135 e. The van der Waals surface area contributed by atoms with Crippen LogP contribution in [0.3, 0.4) is 0 Å². The van der Waals surface area contributed by atoms with E-state index >= 15 is 0 Å². The predicted molar refractivity (Wildman–Crippen MR) is 191 cm³/mol. The summed E-state index contributed by atoms with van der Waals surface area (Å²) in [6.07, 6.45) is 1.92. The first-order valence-corrected chi connectivity index (χ1v) is 16.4. The van der Waals surface area contributed by atoms with Crippen molar-refractivity contribution in [1.29, 1.82) is 0 Å². The zero-order valence-electron chi connectivity index (χ0n) is 27.3. The van der Waals surface area contributed by atoms with E-state index in [0.29, 0.717) is 56.0 Å². The molecule has 2 aliphatic rings. The number of ether oxygens (including phenoxy) is 2. The van der Waals surface area contributed by atoms with Gasteiger partial charge in [-0.25, -0.2) is 0 Å². The molecule has 4 atom stereocenters. The molecule has 8 rings (SSSR count). The van der Waals surface area contributed by atoms with Gasteiger partial charge in [0, 0.05) is 28.8 Å². The van der Waals surface area contributed by atoms with Crippen molar-refractivity contribution in [3.63, 3.8) is 0 Å². The first kappa shape index (κ1) is 32.3. The quantitative estimate of drug-likeness (QED) is 0.0795. The number of rotatable bonds is 6. The van der Waals surface area contributed by atoms with E-state index in [0.717, 1.165) is 0 Å². The van der Waals surface area contributed by atoms with E-state index in [1.807, 2.05) is 0 Å². The van der Waals surface area contributed by atoms with Crippen molar-refractivity contribution in [3.8, 4) is 57.5 Å². The fraction of sp³-hybridized carbons (Fsp3) is 0.0952. The number of hydrogen-bond donors (Lipinski definition) is 8. The fourth-order valence-electron chi connectivity index (χ4n) is 7.26. The van der Waals surface area contributed by atoms with Crippen molar-refractivity contribution in [2.45, 2.75) is 24.0 Å². The van der Waals surface area contributed by atoms with Crippen LogP contribution in [0.2, 0.25) is 0 Å². The third kappa shape index (κ3) is 5.75. The average molecular weight is 697 g/mol. The Morgan fingerprint density at radius 3 is 1.44 bits per heavy atom. The summed E-state index contributed by atoms with van der Waals surface area (Å²) in [4.78, 5) is 0. The van der Waals surface area contributed by atoms with Crippen molar-refractivity contribution < 1.29 is 50.3 Å². The second-order valence-electron chi connectivity index (χ2n) is 13.0. The summed E-state index contributed by atoms with van der Waals surface area (Å²) in [5.41, 5.74) is 4.34. The monoisotopic (exact) mass is 696 g/mol. The van der Waals surface area contributed by atoms with Crippen molar-refractivity contribution in [1.82, 2.24) is 0 Å². The molecule has 0 radical (unpaired) electrons. The third-order valence-corrected chi connectivity index (χ3v) is 9.58. The maximum atomic E-state index is 11.8. The Morgan fingerprint density at radius 1 is 0.385 bits per heavy atom. The van der Waals surface area contributed by atoms with E-state index in [1.165, 1.54) is 54.6 Å². The minimum absolute atomic E-state index is 0.0630. The van der Waals surface area contributed by atoms with Crippen LogP contribution in [0.1, 0.15) is 68.6 Å². The number of aromatic hydroxyl groups is 8. The van der Waals surface area contributed by atoms with Crippen LogP contribution in [-0.2, 0) is 0 Å². The van der Waals surface area contributed by atoms with Crippen molar-refractivity contribution >= 4 is 12.2 Å². The Kier molecular flexibility index (Phi) is 7.72. The molecular weight excluding hydrogens is 664 g/mol. The molecule has 2 heterocycles. The molecule has 10 heteroatoms. The Morgan fingerprint density at radius 2 is 0.885 bits per heavy atom. The van der Waals surface area contributed by atoms with Gasteiger partial charge in [-0.05, 0) is 101 Å². The lowest BCUT2D eigenvalue weighted by molar-refractivity contribution is 0.218. The number of fused-ring (bicyclic) bond motifs is 2. The van der Waals surface area contributed by atoms with Crippen LogP contribution in [-0.4, -0.2) is 40.9 Å². The summed E-state index contributed by atoms with van der Waals surface area (Å²) in [5, 5.41) is 84.0. The summed E-state index contributed by atoms with van der Waals surface area (Å²) < 4.78 is 13.1.